The molecular formula is C26H31FN4O3. The number of likely N-dealkylation sites (N-methyl/N-ethyl adjacent to an activating group) is 1. The van der Waals surface area contributed by atoms with Crippen molar-refractivity contribution in [3.63, 3.8) is 0 Å². The summed E-state index contributed by atoms with van der Waals surface area (Å²) >= 11 is 0. The Hall–Kier alpha value is -3.42. The monoisotopic (exact) mass is 466 g/mol. The third-order valence-electron chi connectivity index (χ3n) is 6.35. The van der Waals surface area contributed by atoms with Crippen molar-refractivity contribution in [1.29, 1.82) is 0 Å². The molecule has 4 rings (SSSR count). The Labute approximate surface area is 198 Å². The molecule has 1 aromatic carbocycles. The number of hydrogen-bond donors (Lipinski definition) is 1. The summed E-state index contributed by atoms with van der Waals surface area (Å²) < 4.78 is 18.7. The number of aromatic amines is 1. The zero-order valence-corrected chi connectivity index (χ0v) is 19.5. The first-order chi connectivity index (χ1) is 16.5. The van der Waals surface area contributed by atoms with Crippen molar-refractivity contribution in [3.8, 4) is 11.3 Å². The highest BCUT2D eigenvalue weighted by Gasteiger charge is 2.35. The molecular weight excluding hydrogens is 435 g/mol. The van der Waals surface area contributed by atoms with Gasteiger partial charge >= 0.3 is 0 Å². The van der Waals surface area contributed by atoms with Crippen LogP contribution in [0.5, 0.6) is 0 Å². The Bertz CT molecular complexity index is 1100. The van der Waals surface area contributed by atoms with Gasteiger partial charge in [0, 0.05) is 31.4 Å². The minimum absolute atomic E-state index is 0.00657. The van der Waals surface area contributed by atoms with Gasteiger partial charge in [0.2, 0.25) is 5.91 Å². The van der Waals surface area contributed by atoms with E-state index in [0.717, 1.165) is 55.5 Å². The van der Waals surface area contributed by atoms with E-state index in [9.17, 15) is 14.0 Å². The first kappa shape index (κ1) is 23.7. The summed E-state index contributed by atoms with van der Waals surface area (Å²) in [6, 6.07) is 11.3. The van der Waals surface area contributed by atoms with Crippen molar-refractivity contribution >= 4 is 11.8 Å². The molecule has 34 heavy (non-hydrogen) atoms. The van der Waals surface area contributed by atoms with E-state index in [1.54, 1.807) is 28.0 Å². The lowest BCUT2D eigenvalue weighted by Gasteiger charge is -2.36. The summed E-state index contributed by atoms with van der Waals surface area (Å²) in [6.07, 6.45) is 7.64. The predicted octanol–water partition coefficient (Wildman–Crippen LogP) is 4.67. The maximum absolute atomic E-state index is 13.4. The number of amides is 2. The van der Waals surface area contributed by atoms with E-state index in [1.807, 2.05) is 19.2 Å². The van der Waals surface area contributed by atoms with Crippen LogP contribution in [0, 0.1) is 5.82 Å². The molecule has 3 heterocycles. The van der Waals surface area contributed by atoms with Gasteiger partial charge in [0.25, 0.3) is 5.91 Å². The average Bonchev–Trinajstić information content (AvgIpc) is 3.55. The molecule has 180 valence electrons. The van der Waals surface area contributed by atoms with Crippen LogP contribution in [0.15, 0.2) is 53.1 Å². The average molecular weight is 467 g/mol. The van der Waals surface area contributed by atoms with E-state index in [1.165, 1.54) is 18.4 Å². The fourth-order valence-electron chi connectivity index (χ4n) is 4.46. The fraction of sp³-hybridized carbons (Fsp3) is 0.423. The van der Waals surface area contributed by atoms with Gasteiger partial charge in [-0.15, -0.1) is 0 Å². The Morgan fingerprint density at radius 3 is 2.85 bits per heavy atom. The van der Waals surface area contributed by atoms with Crippen molar-refractivity contribution in [2.45, 2.75) is 51.0 Å². The number of rotatable bonds is 9. The number of carbonyl (C=O) groups excluding carboxylic acids is 2. The number of carbonyl (C=O) groups is 2. The smallest absolute Gasteiger partial charge is 0.290 e. The van der Waals surface area contributed by atoms with Gasteiger partial charge in [-0.05, 0) is 68.9 Å². The van der Waals surface area contributed by atoms with Gasteiger partial charge in [-0.25, -0.2) is 4.39 Å². The molecule has 1 unspecified atom stereocenters. The molecule has 0 spiro atoms. The molecule has 2 aromatic heterocycles. The van der Waals surface area contributed by atoms with Crippen molar-refractivity contribution in [3.05, 3.63) is 66.0 Å². The number of nitrogens with one attached hydrogen (secondary N) is 1. The second kappa shape index (κ2) is 11.1. The van der Waals surface area contributed by atoms with Crippen LogP contribution in [0.1, 0.15) is 54.8 Å². The van der Waals surface area contributed by atoms with Crippen molar-refractivity contribution < 1.29 is 18.4 Å². The highest BCUT2D eigenvalue weighted by molar-refractivity contribution is 5.95. The molecule has 1 fully saturated rings. The lowest BCUT2D eigenvalue weighted by atomic mass is 10.00. The molecule has 1 N–H and O–H groups in total. The molecule has 8 heteroatoms. The highest BCUT2D eigenvalue weighted by Crippen LogP contribution is 2.22. The van der Waals surface area contributed by atoms with Crippen molar-refractivity contribution in [1.82, 2.24) is 20.0 Å². The van der Waals surface area contributed by atoms with Gasteiger partial charge in [0.05, 0.1) is 12.0 Å². The Morgan fingerprint density at radius 2 is 2.06 bits per heavy atom. The number of piperidine rings is 1. The maximum Gasteiger partial charge on any atom is 0.290 e. The van der Waals surface area contributed by atoms with Crippen LogP contribution in [0.4, 0.5) is 4.39 Å². The molecule has 0 saturated carbocycles. The van der Waals surface area contributed by atoms with Crippen LogP contribution in [0.25, 0.3) is 11.3 Å². The normalized spacial score (nSPS) is 15.9. The van der Waals surface area contributed by atoms with Gasteiger partial charge in [-0.2, -0.15) is 5.10 Å². The zero-order valence-electron chi connectivity index (χ0n) is 19.5. The number of halogens is 1. The number of aromatic nitrogens is 2. The van der Waals surface area contributed by atoms with Crippen LogP contribution in [0.3, 0.4) is 0 Å². The van der Waals surface area contributed by atoms with Gasteiger partial charge in [-0.1, -0.05) is 18.6 Å². The van der Waals surface area contributed by atoms with Gasteiger partial charge in [0.15, 0.2) is 5.76 Å². The van der Waals surface area contributed by atoms with Gasteiger partial charge in [0.1, 0.15) is 11.9 Å². The third kappa shape index (κ3) is 5.73. The molecule has 1 aliphatic rings. The van der Waals surface area contributed by atoms with E-state index in [0.29, 0.717) is 19.5 Å². The topological polar surface area (TPSA) is 82.4 Å². The molecule has 2 amide bonds. The van der Waals surface area contributed by atoms with Crippen LogP contribution >= 0.6 is 0 Å². The standard InChI is InChI=1S/C26H31FN4O3/c1-30(25(32)23-12-4-6-15-31(23)26(33)24-13-8-16-34-24)14-5-2-3-11-21-18-22(29-28-21)19-9-7-10-20(27)17-19/h7-10,13,16-18,23H,2-6,11-12,14-15H2,1H3,(H,28,29). The first-order valence-corrected chi connectivity index (χ1v) is 11.9. The minimum Gasteiger partial charge on any atom is -0.459 e. The number of aryl methyl sites for hydroxylation is 1. The molecule has 1 saturated heterocycles. The van der Waals surface area contributed by atoms with Crippen LogP contribution in [0.2, 0.25) is 0 Å². The van der Waals surface area contributed by atoms with Gasteiger partial charge in [-0.3, -0.25) is 14.7 Å². The summed E-state index contributed by atoms with van der Waals surface area (Å²) in [5, 5.41) is 7.32. The molecule has 3 aromatic rings. The number of H-pyrrole nitrogens is 1. The van der Waals surface area contributed by atoms with E-state index < -0.39 is 6.04 Å². The maximum atomic E-state index is 13.4. The van der Waals surface area contributed by atoms with E-state index in [4.69, 9.17) is 4.42 Å². The summed E-state index contributed by atoms with van der Waals surface area (Å²) in [5.74, 6) is -0.217. The lowest BCUT2D eigenvalue weighted by Crippen LogP contribution is -2.52. The van der Waals surface area contributed by atoms with E-state index in [2.05, 4.69) is 10.2 Å². The number of benzene rings is 1. The van der Waals surface area contributed by atoms with E-state index in [-0.39, 0.29) is 23.4 Å². The molecule has 0 bridgehead atoms. The molecule has 1 atom stereocenters. The Kier molecular flexibility index (Phi) is 7.77. The summed E-state index contributed by atoms with van der Waals surface area (Å²) in [6.45, 7) is 1.22. The van der Waals surface area contributed by atoms with Crippen LogP contribution < -0.4 is 0 Å². The van der Waals surface area contributed by atoms with Crippen LogP contribution in [-0.4, -0.2) is 58.0 Å². The number of unbranched alkanes of at least 4 members (excludes halogenated alkanes) is 2. The predicted molar refractivity (Wildman–Crippen MR) is 127 cm³/mol. The molecule has 0 radical (unpaired) electrons. The first-order valence-electron chi connectivity index (χ1n) is 11.9. The SMILES string of the molecule is CN(CCCCCc1cc(-c2cccc(F)c2)n[nH]1)C(=O)C1CCCCN1C(=O)c1ccco1. The molecule has 0 aliphatic carbocycles. The summed E-state index contributed by atoms with van der Waals surface area (Å²) in [4.78, 5) is 29.3. The molecule has 1 aliphatic heterocycles. The highest BCUT2D eigenvalue weighted by atomic mass is 19.1. The summed E-state index contributed by atoms with van der Waals surface area (Å²) in [5.41, 5.74) is 2.50. The third-order valence-corrected chi connectivity index (χ3v) is 6.35. The summed E-state index contributed by atoms with van der Waals surface area (Å²) in [7, 11) is 1.81. The zero-order chi connectivity index (χ0) is 23.9. The van der Waals surface area contributed by atoms with Crippen molar-refractivity contribution in [2.24, 2.45) is 0 Å². The number of hydrogen-bond acceptors (Lipinski definition) is 4. The fourth-order valence-corrected chi connectivity index (χ4v) is 4.46. The number of likely N-dealkylation sites (tertiary alicyclic amines) is 1. The Balaban J connectivity index is 1.22. The van der Waals surface area contributed by atoms with Crippen LogP contribution in [-0.2, 0) is 11.2 Å². The quantitative estimate of drug-likeness (QED) is 0.465. The molecule has 7 nitrogen and oxygen atoms in total. The minimum atomic E-state index is -0.428. The number of nitrogens with zero attached hydrogens (tertiary/aromatic N) is 3. The second-order valence-electron chi connectivity index (χ2n) is 8.85. The largest absolute Gasteiger partial charge is 0.459 e. The lowest BCUT2D eigenvalue weighted by molar-refractivity contribution is -0.136. The van der Waals surface area contributed by atoms with Crippen molar-refractivity contribution in [2.75, 3.05) is 20.1 Å². The van der Waals surface area contributed by atoms with Gasteiger partial charge < -0.3 is 14.2 Å². The van der Waals surface area contributed by atoms with E-state index >= 15 is 0 Å². The second-order valence-corrected chi connectivity index (χ2v) is 8.85. The number of furan rings is 1. The Morgan fingerprint density at radius 1 is 1.18 bits per heavy atom.